The molecule has 2 aromatic rings. The minimum atomic E-state index is -1.55. The van der Waals surface area contributed by atoms with Crippen LogP contribution in [0.1, 0.15) is 0 Å². The van der Waals surface area contributed by atoms with Gasteiger partial charge in [-0.2, -0.15) is 0 Å². The van der Waals surface area contributed by atoms with E-state index < -0.39 is 12.6 Å². The third-order valence-corrected chi connectivity index (χ3v) is 8.27. The van der Waals surface area contributed by atoms with Crippen LogP contribution in [0.25, 0.3) is 0 Å². The van der Waals surface area contributed by atoms with Gasteiger partial charge in [-0.3, -0.25) is 0 Å². The number of halogens is 1. The van der Waals surface area contributed by atoms with Gasteiger partial charge in [0.1, 0.15) is 0 Å². The molecular weight excluding hydrogens is 349 g/mol. The van der Waals surface area contributed by atoms with E-state index in [1.165, 1.54) is 19.9 Å². The summed E-state index contributed by atoms with van der Waals surface area (Å²) in [6.45, 7) is 0. The zero-order chi connectivity index (χ0) is 15.1. The molecule has 1 aliphatic heterocycles. The first kappa shape index (κ1) is 14.6. The summed E-state index contributed by atoms with van der Waals surface area (Å²) in [5, 5.41) is 1.02. The van der Waals surface area contributed by atoms with Gasteiger partial charge in [0.25, 0.3) is 0 Å². The summed E-state index contributed by atoms with van der Waals surface area (Å²) in [5.74, 6) is 0. The van der Waals surface area contributed by atoms with E-state index in [2.05, 4.69) is 46.2 Å². The molecule has 0 fully saturated rings. The van der Waals surface area contributed by atoms with Gasteiger partial charge in [-0.25, -0.2) is 0 Å². The quantitative estimate of drug-likeness (QED) is 0.758. The summed E-state index contributed by atoms with van der Waals surface area (Å²) in [6.07, 6.45) is 0. The molecule has 1 heterocycles. The third-order valence-electron chi connectivity index (χ3n) is 3.55. The summed E-state index contributed by atoms with van der Waals surface area (Å²) in [4.78, 5) is 8.97. The topological polar surface area (TPSA) is 18.8 Å². The number of rotatable bonds is 2. The molecule has 0 amide bonds. The van der Waals surface area contributed by atoms with E-state index in [1.807, 2.05) is 28.2 Å². The van der Waals surface area contributed by atoms with Crippen LogP contribution in [0.5, 0.6) is 0 Å². The maximum atomic E-state index is 6.86. The first-order chi connectivity index (χ1) is 9.97. The van der Waals surface area contributed by atoms with Gasteiger partial charge >= 0.3 is 133 Å². The fourth-order valence-electron chi connectivity index (χ4n) is 2.28. The van der Waals surface area contributed by atoms with E-state index in [9.17, 15) is 0 Å². The standard InChI is InChI=1S/C16H18ClN3Se/c1-19(2)11-5-7-13-15(9-11)21(17)16-10-12(20(3)4)6-8-14(16)18-13/h5-10H,1-4H3. The number of hydrogen-bond acceptors (Lipinski definition) is 3. The van der Waals surface area contributed by atoms with Gasteiger partial charge in [-0.15, -0.1) is 0 Å². The van der Waals surface area contributed by atoms with Gasteiger partial charge in [0.2, 0.25) is 0 Å². The van der Waals surface area contributed by atoms with E-state index >= 15 is 0 Å². The Balaban J connectivity index is 2.27. The molecule has 3 nitrogen and oxygen atoms in total. The number of anilines is 2. The molecule has 0 saturated carbocycles. The van der Waals surface area contributed by atoms with Crippen LogP contribution < -0.4 is 19.6 Å². The molecule has 0 radical (unpaired) electrons. The molecule has 0 spiro atoms. The van der Waals surface area contributed by atoms with Crippen LogP contribution in [-0.4, -0.2) is 40.7 Å². The van der Waals surface area contributed by atoms with E-state index in [1.54, 1.807) is 0 Å². The molecule has 1 unspecified atom stereocenters. The van der Waals surface area contributed by atoms with Crippen molar-refractivity contribution in [3.63, 3.8) is 0 Å². The third kappa shape index (κ3) is 2.59. The summed E-state index contributed by atoms with van der Waals surface area (Å²) in [7, 11) is 15.0. The van der Waals surface area contributed by atoms with Crippen LogP contribution in [0.3, 0.4) is 0 Å². The molecule has 0 aliphatic carbocycles. The molecule has 0 N–H and O–H groups in total. The molecule has 110 valence electrons. The van der Waals surface area contributed by atoms with E-state index in [0.717, 1.165) is 11.0 Å². The van der Waals surface area contributed by atoms with Gasteiger partial charge in [-0.05, 0) is 0 Å². The average Bonchev–Trinajstić information content (AvgIpc) is 2.46. The van der Waals surface area contributed by atoms with Crippen molar-refractivity contribution >= 4 is 44.2 Å². The number of hydrogen-bond donors (Lipinski definition) is 0. The molecule has 1 aliphatic rings. The number of fused-ring (bicyclic) bond motifs is 2. The van der Waals surface area contributed by atoms with Crippen LogP contribution in [0.2, 0.25) is 0 Å². The zero-order valence-electron chi connectivity index (χ0n) is 12.6. The first-order valence-corrected chi connectivity index (χ1v) is 10.7. The summed E-state index contributed by atoms with van der Waals surface area (Å²) in [6, 6.07) is 12.7. The van der Waals surface area contributed by atoms with Crippen molar-refractivity contribution in [2.24, 2.45) is 4.99 Å². The van der Waals surface area contributed by atoms with E-state index in [4.69, 9.17) is 15.1 Å². The van der Waals surface area contributed by atoms with Crippen molar-refractivity contribution in [3.8, 4) is 0 Å². The first-order valence-electron chi connectivity index (χ1n) is 6.72. The molecule has 0 bridgehead atoms. The van der Waals surface area contributed by atoms with Crippen LogP contribution >= 0.6 is 10.1 Å². The van der Waals surface area contributed by atoms with Crippen molar-refractivity contribution < 1.29 is 0 Å². The van der Waals surface area contributed by atoms with Crippen LogP contribution in [0.4, 0.5) is 17.1 Å². The Bertz CT molecular complexity index is 828. The normalized spacial score (nSPS) is 15.8. The fourth-order valence-corrected chi connectivity index (χ4v) is 6.25. The van der Waals surface area contributed by atoms with Crippen LogP contribution in [0, 0.1) is 4.06 Å². The van der Waals surface area contributed by atoms with Gasteiger partial charge in [0.05, 0.1) is 0 Å². The molecular formula is C16H18ClN3Se. The maximum absolute atomic E-state index is 6.86. The summed E-state index contributed by atoms with van der Waals surface area (Å²) in [5.41, 5.74) is 3.36. The molecule has 21 heavy (non-hydrogen) atoms. The predicted octanol–water partition coefficient (Wildman–Crippen LogP) is 2.05. The van der Waals surface area contributed by atoms with Crippen LogP contribution in [-0.2, 0) is 0 Å². The molecule has 2 aromatic carbocycles. The molecule has 0 aromatic heterocycles. The Labute approximate surface area is 133 Å². The summed E-state index contributed by atoms with van der Waals surface area (Å²) < 4.78 is 2.40. The van der Waals surface area contributed by atoms with E-state index in [0.29, 0.717) is 0 Å². The Hall–Kier alpha value is -1.35. The van der Waals surface area contributed by atoms with Crippen molar-refractivity contribution in [2.45, 2.75) is 0 Å². The Morgan fingerprint density at radius 2 is 1.52 bits per heavy atom. The second kappa shape index (κ2) is 5.45. The monoisotopic (exact) mass is 367 g/mol. The molecule has 5 heteroatoms. The van der Waals surface area contributed by atoms with Crippen molar-refractivity contribution in [1.82, 2.24) is 0 Å². The van der Waals surface area contributed by atoms with Gasteiger partial charge in [-0.1, -0.05) is 0 Å². The SMILES string of the molecule is CN(C)c1ccc2c(c1)[Se](Cl)=c1cc(N(C)C)ccc1=N2. The average molecular weight is 367 g/mol. The van der Waals surface area contributed by atoms with E-state index in [-0.39, 0.29) is 0 Å². The van der Waals surface area contributed by atoms with Crippen LogP contribution in [0.15, 0.2) is 41.4 Å². The zero-order valence-corrected chi connectivity index (χ0v) is 15.1. The second-order valence-corrected chi connectivity index (χ2v) is 9.99. The van der Waals surface area contributed by atoms with Gasteiger partial charge in [0.15, 0.2) is 0 Å². The van der Waals surface area contributed by atoms with Gasteiger partial charge in [0, 0.05) is 0 Å². The number of benzene rings is 2. The minimum absolute atomic E-state index is 1.02. The molecule has 0 saturated heterocycles. The fraction of sp³-hybridized carbons (Fsp3) is 0.250. The van der Waals surface area contributed by atoms with Crippen molar-refractivity contribution in [3.05, 3.63) is 45.8 Å². The second-order valence-electron chi connectivity index (χ2n) is 5.46. The Morgan fingerprint density at radius 1 is 0.905 bits per heavy atom. The molecule has 1 atom stereocenters. The number of nitrogens with zero attached hydrogens (tertiary/aromatic N) is 3. The Morgan fingerprint density at radius 3 is 2.19 bits per heavy atom. The molecule has 3 rings (SSSR count). The summed E-state index contributed by atoms with van der Waals surface area (Å²) >= 11 is -1.55. The Kier molecular flexibility index (Phi) is 3.78. The van der Waals surface area contributed by atoms with Crippen molar-refractivity contribution in [1.29, 1.82) is 0 Å². The van der Waals surface area contributed by atoms with Gasteiger partial charge < -0.3 is 0 Å². The van der Waals surface area contributed by atoms with Crippen molar-refractivity contribution in [2.75, 3.05) is 38.0 Å². The predicted molar refractivity (Wildman–Crippen MR) is 92.4 cm³/mol.